The zero-order chi connectivity index (χ0) is 20.1. The molecule has 0 aliphatic rings. The molecule has 0 aliphatic carbocycles. The predicted molar refractivity (Wildman–Crippen MR) is 105 cm³/mol. The van der Waals surface area contributed by atoms with Crippen molar-refractivity contribution in [2.24, 2.45) is 5.92 Å². The molecule has 28 heavy (non-hydrogen) atoms. The summed E-state index contributed by atoms with van der Waals surface area (Å²) in [7, 11) is 0. The standard InChI is InChI=1S/C20H21ClN4O3/c1-12(2)18(20-24-19(25-28-20)14-6-8-22-9-7-14)23-17(26)11-27-15-4-5-16(21)13(3)10-15/h4-10,12,18H,11H2,1-3H3,(H,23,26). The Labute approximate surface area is 168 Å². The van der Waals surface area contributed by atoms with E-state index in [-0.39, 0.29) is 18.4 Å². The summed E-state index contributed by atoms with van der Waals surface area (Å²) in [5.41, 5.74) is 1.68. The molecule has 1 amide bonds. The quantitative estimate of drug-likeness (QED) is 0.645. The molecule has 8 heteroatoms. The van der Waals surface area contributed by atoms with E-state index in [4.69, 9.17) is 20.9 Å². The molecule has 0 aliphatic heterocycles. The molecular formula is C20H21ClN4O3. The third kappa shape index (κ3) is 4.86. The molecule has 0 radical (unpaired) electrons. The summed E-state index contributed by atoms with van der Waals surface area (Å²) >= 11 is 6.00. The molecule has 0 saturated carbocycles. The molecule has 0 fully saturated rings. The number of hydrogen-bond acceptors (Lipinski definition) is 6. The van der Waals surface area contributed by atoms with Crippen molar-refractivity contribution in [2.75, 3.05) is 6.61 Å². The van der Waals surface area contributed by atoms with Crippen LogP contribution >= 0.6 is 11.6 Å². The number of carbonyl (C=O) groups is 1. The summed E-state index contributed by atoms with van der Waals surface area (Å²) in [6.07, 6.45) is 3.31. The van der Waals surface area contributed by atoms with Crippen LogP contribution in [0.2, 0.25) is 5.02 Å². The zero-order valence-electron chi connectivity index (χ0n) is 15.8. The minimum absolute atomic E-state index is 0.0486. The molecule has 7 nitrogen and oxygen atoms in total. The second kappa shape index (κ2) is 8.84. The predicted octanol–water partition coefficient (Wildman–Crippen LogP) is 3.99. The molecule has 0 saturated heterocycles. The number of aromatic nitrogens is 3. The van der Waals surface area contributed by atoms with Crippen molar-refractivity contribution in [3.8, 4) is 17.1 Å². The van der Waals surface area contributed by atoms with Gasteiger partial charge in [0.15, 0.2) is 6.61 Å². The Morgan fingerprint density at radius 3 is 2.68 bits per heavy atom. The first-order valence-corrected chi connectivity index (χ1v) is 9.24. The van der Waals surface area contributed by atoms with Gasteiger partial charge in [-0.15, -0.1) is 0 Å². The SMILES string of the molecule is Cc1cc(OCC(=O)NC(c2nc(-c3ccncc3)no2)C(C)C)ccc1Cl. The molecule has 0 spiro atoms. The van der Waals surface area contributed by atoms with Crippen LogP contribution in [0.4, 0.5) is 0 Å². The van der Waals surface area contributed by atoms with Crippen molar-refractivity contribution in [3.05, 3.63) is 59.2 Å². The maximum absolute atomic E-state index is 12.4. The van der Waals surface area contributed by atoms with Gasteiger partial charge < -0.3 is 14.6 Å². The number of nitrogens with zero attached hydrogens (tertiary/aromatic N) is 3. The van der Waals surface area contributed by atoms with Gasteiger partial charge in [-0.1, -0.05) is 30.6 Å². The van der Waals surface area contributed by atoms with Crippen LogP contribution in [-0.4, -0.2) is 27.6 Å². The number of amides is 1. The number of hydrogen-bond donors (Lipinski definition) is 1. The van der Waals surface area contributed by atoms with Crippen LogP contribution in [0.15, 0.2) is 47.2 Å². The number of ether oxygens (including phenoxy) is 1. The van der Waals surface area contributed by atoms with Gasteiger partial charge in [-0.05, 0) is 48.7 Å². The van der Waals surface area contributed by atoms with E-state index in [1.807, 2.05) is 20.8 Å². The van der Waals surface area contributed by atoms with Crippen molar-refractivity contribution >= 4 is 17.5 Å². The minimum Gasteiger partial charge on any atom is -0.484 e. The lowest BCUT2D eigenvalue weighted by atomic mass is 10.0. The molecule has 1 atom stereocenters. The monoisotopic (exact) mass is 400 g/mol. The highest BCUT2D eigenvalue weighted by Gasteiger charge is 2.25. The van der Waals surface area contributed by atoms with Gasteiger partial charge in [0.05, 0.1) is 0 Å². The Morgan fingerprint density at radius 2 is 2.00 bits per heavy atom. The normalized spacial score (nSPS) is 12.0. The molecule has 1 aromatic carbocycles. The summed E-state index contributed by atoms with van der Waals surface area (Å²) in [6.45, 7) is 5.67. The highest BCUT2D eigenvalue weighted by molar-refractivity contribution is 6.31. The Hall–Kier alpha value is -2.93. The summed E-state index contributed by atoms with van der Waals surface area (Å²) in [4.78, 5) is 20.8. The van der Waals surface area contributed by atoms with Crippen LogP contribution in [0.3, 0.4) is 0 Å². The molecule has 146 valence electrons. The Bertz CT molecular complexity index is 944. The van der Waals surface area contributed by atoms with Crippen LogP contribution in [-0.2, 0) is 4.79 Å². The van der Waals surface area contributed by atoms with Gasteiger partial charge in [0, 0.05) is 23.0 Å². The fraction of sp³-hybridized carbons (Fsp3) is 0.300. The molecule has 3 aromatic rings. The lowest BCUT2D eigenvalue weighted by molar-refractivity contribution is -0.124. The first-order chi connectivity index (χ1) is 13.4. The lowest BCUT2D eigenvalue weighted by Crippen LogP contribution is -2.35. The van der Waals surface area contributed by atoms with Gasteiger partial charge in [-0.25, -0.2) is 0 Å². The molecule has 3 rings (SSSR count). The highest BCUT2D eigenvalue weighted by Crippen LogP contribution is 2.24. The summed E-state index contributed by atoms with van der Waals surface area (Å²) in [5, 5.41) is 7.55. The van der Waals surface area contributed by atoms with E-state index in [0.717, 1.165) is 11.1 Å². The number of rotatable bonds is 7. The highest BCUT2D eigenvalue weighted by atomic mass is 35.5. The smallest absolute Gasteiger partial charge is 0.258 e. The van der Waals surface area contributed by atoms with Gasteiger partial charge in [-0.2, -0.15) is 4.98 Å². The number of nitrogens with one attached hydrogen (secondary N) is 1. The molecule has 1 N–H and O–H groups in total. The van der Waals surface area contributed by atoms with Crippen molar-refractivity contribution in [3.63, 3.8) is 0 Å². The Kier molecular flexibility index (Phi) is 6.26. The molecule has 1 unspecified atom stereocenters. The van der Waals surface area contributed by atoms with Crippen LogP contribution in [0.1, 0.15) is 31.3 Å². The van der Waals surface area contributed by atoms with Gasteiger partial charge in [-0.3, -0.25) is 9.78 Å². The Morgan fingerprint density at radius 1 is 1.25 bits per heavy atom. The van der Waals surface area contributed by atoms with Crippen molar-refractivity contribution in [1.82, 2.24) is 20.4 Å². The number of halogens is 1. The number of benzene rings is 1. The second-order valence-electron chi connectivity index (χ2n) is 6.68. The maximum atomic E-state index is 12.4. The minimum atomic E-state index is -0.425. The van der Waals surface area contributed by atoms with Crippen LogP contribution in [0.25, 0.3) is 11.4 Å². The molecule has 2 aromatic heterocycles. The van der Waals surface area contributed by atoms with Crippen molar-refractivity contribution in [1.29, 1.82) is 0 Å². The average molecular weight is 401 g/mol. The van der Waals surface area contributed by atoms with Crippen LogP contribution in [0.5, 0.6) is 5.75 Å². The van der Waals surface area contributed by atoms with Gasteiger partial charge in [0.2, 0.25) is 11.7 Å². The van der Waals surface area contributed by atoms with E-state index in [2.05, 4.69) is 20.4 Å². The van der Waals surface area contributed by atoms with E-state index in [1.165, 1.54) is 0 Å². The Balaban J connectivity index is 1.65. The van der Waals surface area contributed by atoms with E-state index < -0.39 is 6.04 Å². The molecule has 2 heterocycles. The van der Waals surface area contributed by atoms with Crippen molar-refractivity contribution in [2.45, 2.75) is 26.8 Å². The van der Waals surface area contributed by atoms with E-state index in [0.29, 0.717) is 22.5 Å². The number of aryl methyl sites for hydroxylation is 1. The summed E-state index contributed by atoms with van der Waals surface area (Å²) < 4.78 is 10.9. The first kappa shape index (κ1) is 19.8. The number of pyridine rings is 1. The second-order valence-corrected chi connectivity index (χ2v) is 7.09. The van der Waals surface area contributed by atoms with Gasteiger partial charge in [0.1, 0.15) is 11.8 Å². The largest absolute Gasteiger partial charge is 0.484 e. The third-order valence-corrected chi connectivity index (χ3v) is 4.55. The maximum Gasteiger partial charge on any atom is 0.258 e. The lowest BCUT2D eigenvalue weighted by Gasteiger charge is -2.18. The van der Waals surface area contributed by atoms with Crippen LogP contribution < -0.4 is 10.1 Å². The summed E-state index contributed by atoms with van der Waals surface area (Å²) in [5.74, 6) is 1.14. The first-order valence-electron chi connectivity index (χ1n) is 8.86. The van der Waals surface area contributed by atoms with E-state index in [1.54, 1.807) is 42.7 Å². The van der Waals surface area contributed by atoms with Crippen molar-refractivity contribution < 1.29 is 14.1 Å². The van der Waals surface area contributed by atoms with Crippen LogP contribution in [0, 0.1) is 12.8 Å². The number of carbonyl (C=O) groups excluding carboxylic acids is 1. The fourth-order valence-corrected chi connectivity index (χ4v) is 2.68. The van der Waals surface area contributed by atoms with Gasteiger partial charge >= 0.3 is 0 Å². The van der Waals surface area contributed by atoms with Gasteiger partial charge in [0.25, 0.3) is 5.91 Å². The fourth-order valence-electron chi connectivity index (χ4n) is 2.56. The third-order valence-electron chi connectivity index (χ3n) is 4.13. The van der Waals surface area contributed by atoms with E-state index in [9.17, 15) is 4.79 Å². The molecular weight excluding hydrogens is 380 g/mol. The molecule has 0 bridgehead atoms. The topological polar surface area (TPSA) is 90.1 Å². The average Bonchev–Trinajstić information content (AvgIpc) is 3.17. The summed E-state index contributed by atoms with van der Waals surface area (Å²) in [6, 6.07) is 8.40. The van der Waals surface area contributed by atoms with E-state index >= 15 is 0 Å². The zero-order valence-corrected chi connectivity index (χ0v) is 16.6.